The summed E-state index contributed by atoms with van der Waals surface area (Å²) in [5.41, 5.74) is 3.25. The number of rotatable bonds is 9. The molecule has 0 spiro atoms. The minimum Gasteiger partial charge on any atom is -0.351 e. The lowest BCUT2D eigenvalue weighted by Crippen LogP contribution is -3.14. The van der Waals surface area contributed by atoms with Crippen molar-refractivity contribution < 1.29 is 14.5 Å². The highest BCUT2D eigenvalue weighted by Gasteiger charge is 2.17. The van der Waals surface area contributed by atoms with E-state index in [2.05, 4.69) is 24.5 Å². The summed E-state index contributed by atoms with van der Waals surface area (Å²) in [6.45, 7) is 10.0. The maximum Gasteiger partial charge on any atom is 0.279 e. The molecule has 5 nitrogen and oxygen atoms in total. The topological polar surface area (TPSA) is 62.6 Å². The molecule has 0 aliphatic heterocycles. The van der Waals surface area contributed by atoms with Crippen LogP contribution >= 0.6 is 0 Å². The predicted octanol–water partition coefficient (Wildman–Crippen LogP) is 0.791. The first-order chi connectivity index (χ1) is 11.0. The van der Waals surface area contributed by atoms with Crippen molar-refractivity contribution in [3.05, 3.63) is 29.3 Å². The van der Waals surface area contributed by atoms with Crippen molar-refractivity contribution >= 4 is 17.5 Å². The van der Waals surface area contributed by atoms with E-state index in [1.54, 1.807) is 0 Å². The second kappa shape index (κ2) is 10.0. The van der Waals surface area contributed by atoms with E-state index in [1.807, 2.05) is 32.0 Å². The molecule has 23 heavy (non-hydrogen) atoms. The molecule has 5 heteroatoms. The molecule has 2 amide bonds. The molecule has 0 heterocycles. The van der Waals surface area contributed by atoms with Gasteiger partial charge in [-0.1, -0.05) is 32.0 Å². The SMILES string of the molecule is CCNC(=O)C[NH+](CC)CC(=O)Nc1c(CC)cccc1CC. The minimum atomic E-state index is -0.0400. The molecule has 0 aromatic heterocycles. The summed E-state index contributed by atoms with van der Waals surface area (Å²) in [7, 11) is 0. The zero-order chi connectivity index (χ0) is 17.2. The quantitative estimate of drug-likeness (QED) is 0.630. The highest BCUT2D eigenvalue weighted by atomic mass is 16.2. The number of aryl methyl sites for hydroxylation is 2. The molecule has 1 atom stereocenters. The number of likely N-dealkylation sites (N-methyl/N-ethyl adjacent to an activating group) is 2. The third-order valence-corrected chi connectivity index (χ3v) is 3.96. The van der Waals surface area contributed by atoms with E-state index in [9.17, 15) is 9.59 Å². The Morgan fingerprint density at radius 1 is 0.957 bits per heavy atom. The Hall–Kier alpha value is -1.88. The van der Waals surface area contributed by atoms with Gasteiger partial charge in [0.25, 0.3) is 11.8 Å². The summed E-state index contributed by atoms with van der Waals surface area (Å²) < 4.78 is 0. The van der Waals surface area contributed by atoms with Crippen molar-refractivity contribution in [2.75, 3.05) is 31.5 Å². The van der Waals surface area contributed by atoms with Gasteiger partial charge in [-0.25, -0.2) is 0 Å². The van der Waals surface area contributed by atoms with E-state index < -0.39 is 0 Å². The highest BCUT2D eigenvalue weighted by molar-refractivity contribution is 5.93. The standard InChI is InChI=1S/C18H29N3O2/c1-5-14-10-9-11-15(6-2)18(14)20-17(23)13-21(8-4)12-16(22)19-7-3/h9-11H,5-8,12-13H2,1-4H3,(H,19,22)(H,20,23)/p+1. The van der Waals surface area contributed by atoms with Gasteiger partial charge in [0.15, 0.2) is 13.1 Å². The second-order valence-corrected chi connectivity index (χ2v) is 5.62. The minimum absolute atomic E-state index is 0.0136. The molecule has 1 rings (SSSR count). The van der Waals surface area contributed by atoms with Crippen LogP contribution in [0, 0.1) is 0 Å². The van der Waals surface area contributed by atoms with Gasteiger partial charge in [0.1, 0.15) is 0 Å². The van der Waals surface area contributed by atoms with Crippen molar-refractivity contribution in [3.8, 4) is 0 Å². The first-order valence-electron chi connectivity index (χ1n) is 8.56. The fraction of sp³-hybridized carbons (Fsp3) is 0.556. The van der Waals surface area contributed by atoms with E-state index in [4.69, 9.17) is 0 Å². The molecule has 0 bridgehead atoms. The van der Waals surface area contributed by atoms with Gasteiger partial charge in [0, 0.05) is 12.2 Å². The smallest absolute Gasteiger partial charge is 0.279 e. The lowest BCUT2D eigenvalue weighted by Gasteiger charge is -2.18. The fourth-order valence-electron chi connectivity index (χ4n) is 2.61. The molecule has 1 aromatic carbocycles. The number of anilines is 1. The van der Waals surface area contributed by atoms with E-state index >= 15 is 0 Å². The number of benzene rings is 1. The first kappa shape index (κ1) is 19.2. The Balaban J connectivity index is 2.74. The fourth-order valence-corrected chi connectivity index (χ4v) is 2.61. The van der Waals surface area contributed by atoms with Crippen molar-refractivity contribution in [1.82, 2.24) is 5.32 Å². The van der Waals surface area contributed by atoms with Gasteiger partial charge in [0.05, 0.1) is 6.54 Å². The third kappa shape index (κ3) is 6.02. The van der Waals surface area contributed by atoms with Crippen LogP contribution in [0.5, 0.6) is 0 Å². The molecule has 0 saturated heterocycles. The Morgan fingerprint density at radius 2 is 1.52 bits per heavy atom. The number of para-hydroxylation sites is 1. The average Bonchev–Trinajstić information content (AvgIpc) is 2.54. The van der Waals surface area contributed by atoms with Gasteiger partial charge in [-0.15, -0.1) is 0 Å². The molecule has 128 valence electrons. The average molecular weight is 320 g/mol. The lowest BCUT2D eigenvalue weighted by atomic mass is 10.0. The predicted molar refractivity (Wildman–Crippen MR) is 93.7 cm³/mol. The number of nitrogens with one attached hydrogen (secondary N) is 3. The zero-order valence-electron chi connectivity index (χ0n) is 14.8. The summed E-state index contributed by atoms with van der Waals surface area (Å²) in [6.07, 6.45) is 1.76. The number of carbonyl (C=O) groups excluding carboxylic acids is 2. The summed E-state index contributed by atoms with van der Waals surface area (Å²) >= 11 is 0. The molecule has 0 aliphatic carbocycles. The molecule has 0 radical (unpaired) electrons. The molecule has 0 saturated carbocycles. The van der Waals surface area contributed by atoms with Crippen LogP contribution in [-0.2, 0) is 22.4 Å². The summed E-state index contributed by atoms with van der Waals surface area (Å²) in [5.74, 6) is -0.0536. The normalized spacial score (nSPS) is 11.8. The van der Waals surface area contributed by atoms with E-state index in [-0.39, 0.29) is 11.8 Å². The lowest BCUT2D eigenvalue weighted by molar-refractivity contribution is -0.881. The van der Waals surface area contributed by atoms with Crippen molar-refractivity contribution in [1.29, 1.82) is 0 Å². The highest BCUT2D eigenvalue weighted by Crippen LogP contribution is 2.22. The molecule has 1 unspecified atom stereocenters. The number of hydrogen-bond donors (Lipinski definition) is 3. The molecular formula is C18H30N3O2+. The Morgan fingerprint density at radius 3 is 2.00 bits per heavy atom. The summed E-state index contributed by atoms with van der Waals surface area (Å²) in [4.78, 5) is 25.0. The number of amides is 2. The Kier molecular flexibility index (Phi) is 8.33. The van der Waals surface area contributed by atoms with Gasteiger partial charge in [0.2, 0.25) is 0 Å². The Bertz CT molecular complexity index is 507. The van der Waals surface area contributed by atoms with E-state index in [0.29, 0.717) is 19.6 Å². The van der Waals surface area contributed by atoms with Gasteiger partial charge >= 0.3 is 0 Å². The molecule has 0 fully saturated rings. The summed E-state index contributed by atoms with van der Waals surface area (Å²) in [6, 6.07) is 6.13. The van der Waals surface area contributed by atoms with Crippen LogP contribution < -0.4 is 15.5 Å². The van der Waals surface area contributed by atoms with Crippen LogP contribution in [0.3, 0.4) is 0 Å². The number of hydrogen-bond acceptors (Lipinski definition) is 2. The zero-order valence-corrected chi connectivity index (χ0v) is 14.8. The maximum atomic E-state index is 12.4. The van der Waals surface area contributed by atoms with E-state index in [0.717, 1.165) is 41.1 Å². The number of carbonyl (C=O) groups is 2. The Labute approximate surface area is 139 Å². The van der Waals surface area contributed by atoms with E-state index in [1.165, 1.54) is 0 Å². The largest absolute Gasteiger partial charge is 0.351 e. The van der Waals surface area contributed by atoms with Crippen molar-refractivity contribution in [2.45, 2.75) is 40.5 Å². The van der Waals surface area contributed by atoms with Gasteiger partial charge in [-0.05, 0) is 37.8 Å². The first-order valence-corrected chi connectivity index (χ1v) is 8.56. The monoisotopic (exact) mass is 320 g/mol. The van der Waals surface area contributed by atoms with Crippen LogP contribution in [0.2, 0.25) is 0 Å². The van der Waals surface area contributed by atoms with Crippen LogP contribution in [0.1, 0.15) is 38.8 Å². The van der Waals surface area contributed by atoms with Gasteiger partial charge in [-0.2, -0.15) is 0 Å². The van der Waals surface area contributed by atoms with Crippen LogP contribution in [-0.4, -0.2) is 38.0 Å². The van der Waals surface area contributed by atoms with Crippen molar-refractivity contribution in [3.63, 3.8) is 0 Å². The van der Waals surface area contributed by atoms with Crippen molar-refractivity contribution in [2.24, 2.45) is 0 Å². The van der Waals surface area contributed by atoms with Crippen LogP contribution in [0.15, 0.2) is 18.2 Å². The molecule has 3 N–H and O–H groups in total. The third-order valence-electron chi connectivity index (χ3n) is 3.96. The van der Waals surface area contributed by atoms with Gasteiger partial charge < -0.3 is 15.5 Å². The molecular weight excluding hydrogens is 290 g/mol. The van der Waals surface area contributed by atoms with Gasteiger partial charge in [-0.3, -0.25) is 9.59 Å². The second-order valence-electron chi connectivity index (χ2n) is 5.62. The van der Waals surface area contributed by atoms with Crippen LogP contribution in [0.25, 0.3) is 0 Å². The van der Waals surface area contributed by atoms with Crippen LogP contribution in [0.4, 0.5) is 5.69 Å². The molecule has 0 aliphatic rings. The molecule has 1 aromatic rings. The number of quaternary nitrogens is 1. The maximum absolute atomic E-state index is 12.4. The summed E-state index contributed by atoms with van der Waals surface area (Å²) in [5, 5.41) is 5.84.